The van der Waals surface area contributed by atoms with Gasteiger partial charge < -0.3 is 15.0 Å². The number of aldehydes is 1. The maximum absolute atomic E-state index is 10.3. The maximum Gasteiger partial charge on any atom is 0.120 e. The Hall–Kier alpha value is -1.19. The van der Waals surface area contributed by atoms with Gasteiger partial charge in [-0.2, -0.15) is 0 Å². The predicted octanol–water partition coefficient (Wildman–Crippen LogP) is 2.22. The average molecular weight is 260 g/mol. The molecule has 0 aromatic heterocycles. The van der Waals surface area contributed by atoms with Gasteiger partial charge in [0.15, 0.2) is 0 Å². The van der Waals surface area contributed by atoms with Crippen molar-refractivity contribution in [2.24, 2.45) is 0 Å². The molecular weight excluding hydrogens is 236 g/mol. The van der Waals surface area contributed by atoms with E-state index in [1.54, 1.807) is 0 Å². The van der Waals surface area contributed by atoms with Crippen molar-refractivity contribution in [3.63, 3.8) is 0 Å². The van der Waals surface area contributed by atoms with Crippen molar-refractivity contribution < 1.29 is 4.79 Å². The summed E-state index contributed by atoms with van der Waals surface area (Å²) in [5, 5.41) is 3.64. The smallest absolute Gasteiger partial charge is 0.120 e. The zero-order chi connectivity index (χ0) is 13.3. The van der Waals surface area contributed by atoms with Gasteiger partial charge in [-0.15, -0.1) is 0 Å². The van der Waals surface area contributed by atoms with Crippen LogP contribution in [0.3, 0.4) is 0 Å². The van der Waals surface area contributed by atoms with Crippen LogP contribution in [0, 0.1) is 0 Å². The summed E-state index contributed by atoms with van der Waals surface area (Å²) in [6.07, 6.45) is 5.16. The van der Waals surface area contributed by atoms with E-state index in [2.05, 4.69) is 40.5 Å². The standard InChI is InChI=1S/C16H24N2O/c19-13-5-4-10-18-11-8-16(9-12-18)17-14-15-6-2-1-3-7-15/h1-3,6-7,13,16-17H,4-5,8-12,14H2. The molecule has 2 rings (SSSR count). The Balaban J connectivity index is 1.62. The van der Waals surface area contributed by atoms with E-state index in [0.717, 1.165) is 38.9 Å². The Kier molecular flexibility index (Phi) is 6.05. The number of nitrogens with one attached hydrogen (secondary N) is 1. The van der Waals surface area contributed by atoms with Crippen molar-refractivity contribution in [1.82, 2.24) is 10.2 Å². The lowest BCUT2D eigenvalue weighted by Crippen LogP contribution is -2.42. The molecule has 0 aliphatic carbocycles. The molecule has 1 saturated heterocycles. The number of nitrogens with zero attached hydrogens (tertiary/aromatic N) is 1. The van der Waals surface area contributed by atoms with E-state index in [1.165, 1.54) is 18.4 Å². The topological polar surface area (TPSA) is 32.3 Å². The highest BCUT2D eigenvalue weighted by Gasteiger charge is 2.17. The van der Waals surface area contributed by atoms with E-state index in [9.17, 15) is 4.79 Å². The predicted molar refractivity (Wildman–Crippen MR) is 78.0 cm³/mol. The lowest BCUT2D eigenvalue weighted by Gasteiger charge is -2.32. The molecule has 0 bridgehead atoms. The van der Waals surface area contributed by atoms with Crippen molar-refractivity contribution >= 4 is 6.29 Å². The van der Waals surface area contributed by atoms with Gasteiger partial charge in [0, 0.05) is 19.0 Å². The first-order chi connectivity index (χ1) is 9.38. The van der Waals surface area contributed by atoms with Gasteiger partial charge in [-0.3, -0.25) is 0 Å². The molecule has 0 saturated carbocycles. The first kappa shape index (κ1) is 14.2. The van der Waals surface area contributed by atoms with E-state index in [-0.39, 0.29) is 0 Å². The maximum atomic E-state index is 10.3. The molecule has 1 aromatic carbocycles. The number of rotatable bonds is 7. The molecule has 0 unspecified atom stereocenters. The van der Waals surface area contributed by atoms with Crippen LogP contribution in [0.1, 0.15) is 31.2 Å². The van der Waals surface area contributed by atoms with Gasteiger partial charge >= 0.3 is 0 Å². The molecule has 0 atom stereocenters. The number of unbranched alkanes of at least 4 members (excludes halogenated alkanes) is 1. The van der Waals surface area contributed by atoms with Crippen LogP contribution in [0.25, 0.3) is 0 Å². The molecular formula is C16H24N2O. The van der Waals surface area contributed by atoms with Crippen molar-refractivity contribution in [2.45, 2.75) is 38.3 Å². The second kappa shape index (κ2) is 8.08. The fourth-order valence-electron chi connectivity index (χ4n) is 2.62. The number of likely N-dealkylation sites (tertiary alicyclic amines) is 1. The highest BCUT2D eigenvalue weighted by Crippen LogP contribution is 2.11. The van der Waals surface area contributed by atoms with E-state index in [4.69, 9.17) is 0 Å². The SMILES string of the molecule is O=CCCCN1CCC(NCc2ccccc2)CC1. The second-order valence-electron chi connectivity index (χ2n) is 5.29. The molecule has 1 fully saturated rings. The van der Waals surface area contributed by atoms with E-state index < -0.39 is 0 Å². The first-order valence-corrected chi connectivity index (χ1v) is 7.32. The van der Waals surface area contributed by atoms with Gasteiger partial charge in [-0.1, -0.05) is 30.3 Å². The Labute approximate surface area is 116 Å². The third-order valence-electron chi connectivity index (χ3n) is 3.82. The third-order valence-corrected chi connectivity index (χ3v) is 3.82. The van der Waals surface area contributed by atoms with E-state index in [0.29, 0.717) is 12.5 Å². The van der Waals surface area contributed by atoms with Crippen LogP contribution in [0.5, 0.6) is 0 Å². The minimum Gasteiger partial charge on any atom is -0.310 e. The lowest BCUT2D eigenvalue weighted by atomic mass is 10.0. The van der Waals surface area contributed by atoms with Crippen LogP contribution in [-0.2, 0) is 11.3 Å². The summed E-state index contributed by atoms with van der Waals surface area (Å²) in [5.74, 6) is 0. The van der Waals surface area contributed by atoms with Crippen molar-refractivity contribution in [1.29, 1.82) is 0 Å². The van der Waals surface area contributed by atoms with Gasteiger partial charge in [0.05, 0.1) is 0 Å². The first-order valence-electron chi connectivity index (χ1n) is 7.32. The number of carbonyl (C=O) groups excluding carboxylic acids is 1. The Morgan fingerprint density at radius 2 is 1.95 bits per heavy atom. The van der Waals surface area contributed by atoms with Gasteiger partial charge in [-0.25, -0.2) is 0 Å². The average Bonchev–Trinajstić information content (AvgIpc) is 2.48. The molecule has 1 aliphatic heterocycles. The molecule has 0 radical (unpaired) electrons. The Bertz CT molecular complexity index is 358. The summed E-state index contributed by atoms with van der Waals surface area (Å²) in [6.45, 7) is 4.36. The van der Waals surface area contributed by atoms with Crippen LogP contribution in [0.15, 0.2) is 30.3 Å². The summed E-state index contributed by atoms with van der Waals surface area (Å²) in [5.41, 5.74) is 1.36. The molecule has 1 N–H and O–H groups in total. The molecule has 19 heavy (non-hydrogen) atoms. The van der Waals surface area contributed by atoms with Crippen LogP contribution in [-0.4, -0.2) is 36.9 Å². The van der Waals surface area contributed by atoms with Gasteiger partial charge in [-0.05, 0) is 44.5 Å². The number of benzene rings is 1. The zero-order valence-electron chi connectivity index (χ0n) is 11.6. The Morgan fingerprint density at radius 3 is 2.63 bits per heavy atom. The molecule has 1 aromatic rings. The molecule has 3 nitrogen and oxygen atoms in total. The number of carbonyl (C=O) groups is 1. The van der Waals surface area contributed by atoms with Crippen LogP contribution in [0.4, 0.5) is 0 Å². The third kappa shape index (κ3) is 5.13. The fourth-order valence-corrected chi connectivity index (χ4v) is 2.62. The van der Waals surface area contributed by atoms with Gasteiger partial charge in [0.2, 0.25) is 0 Å². The minimum atomic E-state index is 0.641. The normalized spacial score (nSPS) is 17.5. The summed E-state index contributed by atoms with van der Waals surface area (Å²) < 4.78 is 0. The monoisotopic (exact) mass is 260 g/mol. The molecule has 1 aliphatic rings. The zero-order valence-corrected chi connectivity index (χ0v) is 11.6. The van der Waals surface area contributed by atoms with Crippen molar-refractivity contribution in [3.05, 3.63) is 35.9 Å². The van der Waals surface area contributed by atoms with E-state index >= 15 is 0 Å². The van der Waals surface area contributed by atoms with Crippen LogP contribution in [0.2, 0.25) is 0 Å². The van der Waals surface area contributed by atoms with Crippen LogP contribution < -0.4 is 5.32 Å². The fraction of sp³-hybridized carbons (Fsp3) is 0.562. The number of hydrogen-bond acceptors (Lipinski definition) is 3. The summed E-state index contributed by atoms with van der Waals surface area (Å²) in [4.78, 5) is 12.8. The Morgan fingerprint density at radius 1 is 1.21 bits per heavy atom. The number of piperidine rings is 1. The molecule has 0 spiro atoms. The number of hydrogen-bond donors (Lipinski definition) is 1. The minimum absolute atomic E-state index is 0.641. The van der Waals surface area contributed by atoms with Crippen LogP contribution >= 0.6 is 0 Å². The largest absolute Gasteiger partial charge is 0.310 e. The van der Waals surface area contributed by atoms with Gasteiger partial charge in [0.1, 0.15) is 6.29 Å². The molecule has 104 valence electrons. The van der Waals surface area contributed by atoms with E-state index in [1.807, 2.05) is 0 Å². The highest BCUT2D eigenvalue weighted by atomic mass is 16.1. The quantitative estimate of drug-likeness (QED) is 0.602. The van der Waals surface area contributed by atoms with Crippen molar-refractivity contribution in [2.75, 3.05) is 19.6 Å². The summed E-state index contributed by atoms with van der Waals surface area (Å²) in [6, 6.07) is 11.2. The lowest BCUT2D eigenvalue weighted by molar-refractivity contribution is -0.108. The summed E-state index contributed by atoms with van der Waals surface area (Å²) >= 11 is 0. The second-order valence-corrected chi connectivity index (χ2v) is 5.29. The highest BCUT2D eigenvalue weighted by molar-refractivity contribution is 5.48. The van der Waals surface area contributed by atoms with Gasteiger partial charge in [0.25, 0.3) is 0 Å². The molecule has 0 amide bonds. The summed E-state index contributed by atoms with van der Waals surface area (Å²) in [7, 11) is 0. The van der Waals surface area contributed by atoms with Crippen molar-refractivity contribution in [3.8, 4) is 0 Å². The molecule has 3 heteroatoms. The molecule has 1 heterocycles.